The smallest absolute Gasteiger partial charge is 0.159 e. The number of anilines is 3. The molecule has 1 aliphatic carbocycles. The zero-order chi connectivity index (χ0) is 46.5. The van der Waals surface area contributed by atoms with Crippen molar-refractivity contribution < 1.29 is 4.42 Å². The number of benzene rings is 11. The van der Waals surface area contributed by atoms with E-state index >= 15 is 0 Å². The van der Waals surface area contributed by atoms with Gasteiger partial charge in [-0.1, -0.05) is 196 Å². The van der Waals surface area contributed by atoms with E-state index in [0.717, 1.165) is 60.9 Å². The highest BCUT2D eigenvalue weighted by atomic mass is 32.1. The molecular weight excluding hydrogens is 867 g/mol. The second-order valence-electron chi connectivity index (χ2n) is 19.2. The Morgan fingerprint density at radius 1 is 0.357 bits per heavy atom. The summed E-state index contributed by atoms with van der Waals surface area (Å²) in [5.74, 6) is 0. The van der Waals surface area contributed by atoms with Gasteiger partial charge in [-0.25, -0.2) is 0 Å². The minimum Gasteiger partial charge on any atom is -0.453 e. The first kappa shape index (κ1) is 40.6. The van der Waals surface area contributed by atoms with E-state index in [4.69, 9.17) is 4.42 Å². The summed E-state index contributed by atoms with van der Waals surface area (Å²) in [6.07, 6.45) is 0. The van der Waals surface area contributed by atoms with Crippen LogP contribution in [0.2, 0.25) is 0 Å². The van der Waals surface area contributed by atoms with Crippen molar-refractivity contribution in [1.82, 2.24) is 0 Å². The Labute approximate surface area is 411 Å². The van der Waals surface area contributed by atoms with Crippen LogP contribution in [0.3, 0.4) is 0 Å². The molecule has 0 atom stereocenters. The number of fused-ring (bicyclic) bond motifs is 11. The van der Waals surface area contributed by atoms with E-state index in [0.29, 0.717) is 0 Å². The van der Waals surface area contributed by atoms with Crippen LogP contribution in [0.5, 0.6) is 0 Å². The molecule has 0 saturated carbocycles. The summed E-state index contributed by atoms with van der Waals surface area (Å²) in [6.45, 7) is 4.70. The normalized spacial score (nSPS) is 12.8. The molecule has 0 N–H and O–H groups in total. The summed E-state index contributed by atoms with van der Waals surface area (Å²) in [5, 5.41) is 7.05. The van der Waals surface area contributed by atoms with Crippen molar-refractivity contribution in [2.45, 2.75) is 19.3 Å². The summed E-state index contributed by atoms with van der Waals surface area (Å²) in [5.41, 5.74) is 19.7. The Balaban J connectivity index is 0.938. The van der Waals surface area contributed by atoms with E-state index in [-0.39, 0.29) is 5.41 Å². The molecule has 0 fully saturated rings. The molecule has 0 spiro atoms. The van der Waals surface area contributed by atoms with Crippen LogP contribution in [-0.2, 0) is 5.41 Å². The lowest BCUT2D eigenvalue weighted by Crippen LogP contribution is -2.14. The number of furan rings is 1. The number of thiophene rings is 1. The molecule has 2 heterocycles. The maximum Gasteiger partial charge on any atom is 0.159 e. The fraction of sp³-hybridized carbons (Fsp3) is 0.0448. The molecule has 1 aliphatic rings. The Morgan fingerprint density at radius 2 is 0.943 bits per heavy atom. The first-order chi connectivity index (χ1) is 34.4. The predicted octanol–water partition coefficient (Wildman–Crippen LogP) is 19.6. The molecule has 0 aliphatic heterocycles. The van der Waals surface area contributed by atoms with Gasteiger partial charge in [-0.05, 0) is 127 Å². The van der Waals surface area contributed by atoms with E-state index in [1.165, 1.54) is 75.8 Å². The van der Waals surface area contributed by atoms with Gasteiger partial charge >= 0.3 is 0 Å². The highest BCUT2D eigenvalue weighted by Gasteiger charge is 2.35. The molecule has 0 unspecified atom stereocenters. The molecule has 70 heavy (non-hydrogen) atoms. The number of rotatable bonds is 7. The third-order valence-electron chi connectivity index (χ3n) is 14.9. The van der Waals surface area contributed by atoms with E-state index < -0.39 is 0 Å². The minimum atomic E-state index is -0.0618. The van der Waals surface area contributed by atoms with E-state index in [9.17, 15) is 0 Å². The molecule has 330 valence electrons. The van der Waals surface area contributed by atoms with Gasteiger partial charge in [0, 0.05) is 53.1 Å². The third kappa shape index (κ3) is 6.39. The van der Waals surface area contributed by atoms with Crippen LogP contribution in [0.25, 0.3) is 109 Å². The molecule has 2 nitrogen and oxygen atoms in total. The van der Waals surface area contributed by atoms with Crippen molar-refractivity contribution in [2.24, 2.45) is 0 Å². The highest BCUT2D eigenvalue weighted by Crippen LogP contribution is 2.51. The number of nitrogens with zero attached hydrogens (tertiary/aromatic N) is 1. The van der Waals surface area contributed by atoms with Crippen molar-refractivity contribution in [1.29, 1.82) is 0 Å². The lowest BCUT2D eigenvalue weighted by molar-refractivity contribution is 0.660. The Morgan fingerprint density at radius 3 is 1.74 bits per heavy atom. The Bertz CT molecular complexity index is 4180. The third-order valence-corrected chi connectivity index (χ3v) is 16.1. The Kier molecular flexibility index (Phi) is 9.14. The molecule has 11 aromatic carbocycles. The molecular formula is C67H45NOS. The van der Waals surface area contributed by atoms with Crippen LogP contribution in [0, 0.1) is 0 Å². The van der Waals surface area contributed by atoms with Gasteiger partial charge in [0.25, 0.3) is 0 Å². The second-order valence-corrected chi connectivity index (χ2v) is 20.3. The predicted molar refractivity (Wildman–Crippen MR) is 298 cm³/mol. The largest absolute Gasteiger partial charge is 0.453 e. The van der Waals surface area contributed by atoms with Gasteiger partial charge in [0.05, 0.1) is 5.69 Å². The zero-order valence-electron chi connectivity index (χ0n) is 38.8. The highest BCUT2D eigenvalue weighted by molar-refractivity contribution is 7.26. The minimum absolute atomic E-state index is 0.0618. The van der Waals surface area contributed by atoms with Gasteiger partial charge in [0.15, 0.2) is 5.58 Å². The van der Waals surface area contributed by atoms with Crippen LogP contribution >= 0.6 is 11.3 Å². The average Bonchev–Trinajstić information content (AvgIpc) is 4.07. The summed E-state index contributed by atoms with van der Waals surface area (Å²) in [6, 6.07) is 86.8. The number of hydrogen-bond donors (Lipinski definition) is 0. The van der Waals surface area contributed by atoms with Gasteiger partial charge < -0.3 is 9.32 Å². The monoisotopic (exact) mass is 911 g/mol. The van der Waals surface area contributed by atoms with Crippen LogP contribution in [0.4, 0.5) is 17.1 Å². The van der Waals surface area contributed by atoms with E-state index in [1.54, 1.807) is 0 Å². The van der Waals surface area contributed by atoms with Crippen molar-refractivity contribution in [2.75, 3.05) is 4.90 Å². The topological polar surface area (TPSA) is 16.4 Å². The Hall–Kier alpha value is -8.50. The summed E-state index contributed by atoms with van der Waals surface area (Å²) >= 11 is 1.87. The summed E-state index contributed by atoms with van der Waals surface area (Å²) < 4.78 is 9.81. The van der Waals surface area contributed by atoms with E-state index in [1.807, 2.05) is 11.3 Å². The van der Waals surface area contributed by atoms with Gasteiger partial charge in [-0.2, -0.15) is 0 Å². The van der Waals surface area contributed by atoms with Gasteiger partial charge in [-0.15, -0.1) is 11.3 Å². The molecule has 14 rings (SSSR count). The van der Waals surface area contributed by atoms with Crippen molar-refractivity contribution in [3.05, 3.63) is 248 Å². The van der Waals surface area contributed by atoms with Crippen LogP contribution in [0.1, 0.15) is 25.0 Å². The lowest BCUT2D eigenvalue weighted by atomic mass is 9.81. The lowest BCUT2D eigenvalue weighted by Gasteiger charge is -2.27. The van der Waals surface area contributed by atoms with Gasteiger partial charge in [0.2, 0.25) is 0 Å². The van der Waals surface area contributed by atoms with Gasteiger partial charge in [0.1, 0.15) is 5.58 Å². The van der Waals surface area contributed by atoms with Crippen molar-refractivity contribution in [3.8, 4) is 55.6 Å². The van der Waals surface area contributed by atoms with Crippen LogP contribution < -0.4 is 4.90 Å². The zero-order valence-corrected chi connectivity index (χ0v) is 39.6. The fourth-order valence-electron chi connectivity index (χ4n) is 11.3. The first-order valence-corrected chi connectivity index (χ1v) is 25.0. The van der Waals surface area contributed by atoms with Crippen molar-refractivity contribution in [3.63, 3.8) is 0 Å². The summed E-state index contributed by atoms with van der Waals surface area (Å²) in [7, 11) is 0. The molecule has 0 saturated heterocycles. The molecule has 0 amide bonds. The van der Waals surface area contributed by atoms with Crippen LogP contribution in [0.15, 0.2) is 241 Å². The first-order valence-electron chi connectivity index (χ1n) is 24.1. The molecule has 13 aromatic rings. The number of hydrogen-bond acceptors (Lipinski definition) is 3. The standard InChI is InChI=1S/C67H45NOS/c1-67(2)60-21-10-8-17-54(60)55-37-32-48(40-61(55)67)44-23-25-45(26-24-44)49-39-59-57-38-31-46-15-6-7-16-52(46)64(57)69-65(59)62(41-49)68(50-33-27-43(28-34-50)42-13-4-3-5-14-42)51-35-29-47(30-36-51)53-19-12-20-58-56-18-9-11-22-63(56)70-66(53)58/h3-41H,1-2H3. The maximum absolute atomic E-state index is 7.19. The second kappa shape index (κ2) is 15.8. The average molecular weight is 912 g/mol. The molecule has 0 bridgehead atoms. The fourth-order valence-corrected chi connectivity index (χ4v) is 12.5. The van der Waals surface area contributed by atoms with Gasteiger partial charge in [-0.3, -0.25) is 0 Å². The molecule has 0 radical (unpaired) electrons. The quantitative estimate of drug-likeness (QED) is 0.158. The molecule has 3 heteroatoms. The van der Waals surface area contributed by atoms with Crippen LogP contribution in [-0.4, -0.2) is 0 Å². The van der Waals surface area contributed by atoms with E-state index in [2.05, 4.69) is 255 Å². The molecule has 2 aromatic heterocycles. The SMILES string of the molecule is CC1(C)c2ccccc2-c2ccc(-c3ccc(-c4cc(N(c5ccc(-c6ccccc6)cc5)c5ccc(-c6cccc7c6sc6ccccc67)cc5)c5oc6c7ccccc7ccc6c5c4)cc3)cc21. The van der Waals surface area contributed by atoms with Crippen molar-refractivity contribution >= 4 is 81.3 Å². The summed E-state index contributed by atoms with van der Waals surface area (Å²) in [4.78, 5) is 2.38. The maximum atomic E-state index is 7.19.